The van der Waals surface area contributed by atoms with Gasteiger partial charge in [-0.05, 0) is 30.3 Å². The van der Waals surface area contributed by atoms with Crippen LogP contribution in [0, 0.1) is 5.41 Å². The van der Waals surface area contributed by atoms with Crippen LogP contribution in [0.3, 0.4) is 0 Å². The molecule has 0 saturated carbocycles. The zero-order valence-corrected chi connectivity index (χ0v) is 16.6. The van der Waals surface area contributed by atoms with Crippen molar-refractivity contribution in [2.45, 2.75) is 20.8 Å². The fourth-order valence-corrected chi connectivity index (χ4v) is 2.78. The van der Waals surface area contributed by atoms with E-state index in [2.05, 4.69) is 0 Å². The van der Waals surface area contributed by atoms with Crippen LogP contribution < -0.4 is 9.64 Å². The quantitative estimate of drug-likeness (QED) is 0.570. The highest BCUT2D eigenvalue weighted by molar-refractivity contribution is 6.34. The molecule has 150 valence electrons. The lowest BCUT2D eigenvalue weighted by Crippen LogP contribution is -2.29. The minimum Gasteiger partial charge on any atom is -0.497 e. The maximum absolute atomic E-state index is 12.8. The molecule has 0 bridgehead atoms. The van der Waals surface area contributed by atoms with Gasteiger partial charge in [0, 0.05) is 11.5 Å². The van der Waals surface area contributed by atoms with E-state index in [1.54, 1.807) is 45.0 Å². The molecule has 0 atom stereocenters. The molecule has 2 aromatic rings. The SMILES string of the molecule is COc1cccc(N2C(=O)c3ccc(C(=O)OCC(=O)C(C)(C)C)cc3C2=O)c1. The summed E-state index contributed by atoms with van der Waals surface area (Å²) < 4.78 is 10.2. The number of ether oxygens (including phenoxy) is 2. The molecule has 29 heavy (non-hydrogen) atoms. The van der Waals surface area contributed by atoms with Crippen molar-refractivity contribution in [3.8, 4) is 5.75 Å². The molecule has 0 N–H and O–H groups in total. The lowest BCUT2D eigenvalue weighted by atomic mass is 9.91. The molecule has 7 heteroatoms. The maximum atomic E-state index is 12.8. The number of carbonyl (C=O) groups is 4. The van der Waals surface area contributed by atoms with Gasteiger partial charge in [-0.2, -0.15) is 0 Å². The Labute approximate surface area is 168 Å². The van der Waals surface area contributed by atoms with Gasteiger partial charge < -0.3 is 9.47 Å². The van der Waals surface area contributed by atoms with E-state index >= 15 is 0 Å². The van der Waals surface area contributed by atoms with Crippen LogP contribution in [-0.2, 0) is 9.53 Å². The number of benzene rings is 2. The Morgan fingerprint density at radius 2 is 1.66 bits per heavy atom. The van der Waals surface area contributed by atoms with Crippen LogP contribution in [0.1, 0.15) is 51.8 Å². The minimum atomic E-state index is -0.731. The Bertz CT molecular complexity index is 1020. The lowest BCUT2D eigenvalue weighted by molar-refractivity contribution is -0.129. The number of amides is 2. The Hall–Kier alpha value is -3.48. The number of imide groups is 1. The molecule has 2 aromatic carbocycles. The smallest absolute Gasteiger partial charge is 0.338 e. The predicted octanol–water partition coefficient (Wildman–Crippen LogP) is 3.27. The van der Waals surface area contributed by atoms with Crippen LogP contribution in [0.15, 0.2) is 42.5 Å². The number of esters is 1. The molecule has 0 aromatic heterocycles. The first-order valence-electron chi connectivity index (χ1n) is 9.01. The van der Waals surface area contributed by atoms with Gasteiger partial charge in [-0.3, -0.25) is 14.4 Å². The zero-order valence-electron chi connectivity index (χ0n) is 16.6. The van der Waals surface area contributed by atoms with E-state index in [-0.39, 0.29) is 29.1 Å². The summed E-state index contributed by atoms with van der Waals surface area (Å²) in [5.41, 5.74) is 0.141. The molecule has 0 fully saturated rings. The van der Waals surface area contributed by atoms with Gasteiger partial charge in [0.05, 0.1) is 29.5 Å². The number of fused-ring (bicyclic) bond motifs is 1. The standard InChI is InChI=1S/C22H21NO6/c1-22(2,3)18(24)12-29-21(27)13-8-9-16-17(10-13)20(26)23(19(16)25)14-6-5-7-15(11-14)28-4/h5-11H,12H2,1-4H3. The third-order valence-corrected chi connectivity index (χ3v) is 4.60. The van der Waals surface area contributed by atoms with Crippen molar-refractivity contribution in [2.24, 2.45) is 5.41 Å². The normalized spacial score (nSPS) is 13.3. The third kappa shape index (κ3) is 3.89. The molecule has 2 amide bonds. The average Bonchev–Trinajstić information content (AvgIpc) is 2.95. The first kappa shape index (κ1) is 20.3. The molecule has 1 aliphatic rings. The molecular formula is C22H21NO6. The fraction of sp³-hybridized carbons (Fsp3) is 0.273. The van der Waals surface area contributed by atoms with Gasteiger partial charge >= 0.3 is 5.97 Å². The number of rotatable bonds is 5. The van der Waals surface area contributed by atoms with Gasteiger partial charge in [0.15, 0.2) is 12.4 Å². The van der Waals surface area contributed by atoms with Crippen molar-refractivity contribution in [1.29, 1.82) is 0 Å². The van der Waals surface area contributed by atoms with E-state index in [1.807, 2.05) is 0 Å². The van der Waals surface area contributed by atoms with E-state index in [0.29, 0.717) is 11.4 Å². The summed E-state index contributed by atoms with van der Waals surface area (Å²) >= 11 is 0. The number of anilines is 1. The lowest BCUT2D eigenvalue weighted by Gasteiger charge is -2.16. The van der Waals surface area contributed by atoms with Crippen molar-refractivity contribution < 1.29 is 28.7 Å². The number of hydrogen-bond donors (Lipinski definition) is 0. The van der Waals surface area contributed by atoms with Gasteiger partial charge in [-0.1, -0.05) is 26.8 Å². The van der Waals surface area contributed by atoms with Crippen LogP contribution >= 0.6 is 0 Å². The molecule has 3 rings (SSSR count). The molecule has 7 nitrogen and oxygen atoms in total. The van der Waals surface area contributed by atoms with Crippen LogP contribution in [0.2, 0.25) is 0 Å². The van der Waals surface area contributed by atoms with E-state index in [4.69, 9.17) is 9.47 Å². The van der Waals surface area contributed by atoms with Crippen LogP contribution in [0.5, 0.6) is 5.75 Å². The maximum Gasteiger partial charge on any atom is 0.338 e. The van der Waals surface area contributed by atoms with Gasteiger partial charge in [-0.25, -0.2) is 9.69 Å². The van der Waals surface area contributed by atoms with Crippen LogP contribution in [0.4, 0.5) is 5.69 Å². The highest BCUT2D eigenvalue weighted by atomic mass is 16.5. The monoisotopic (exact) mass is 395 g/mol. The molecule has 0 spiro atoms. The van der Waals surface area contributed by atoms with Gasteiger partial charge in [0.25, 0.3) is 11.8 Å². The highest BCUT2D eigenvalue weighted by Crippen LogP contribution is 2.31. The largest absolute Gasteiger partial charge is 0.497 e. The summed E-state index contributed by atoms with van der Waals surface area (Å²) in [6.45, 7) is 4.84. The molecule has 1 heterocycles. The summed E-state index contributed by atoms with van der Waals surface area (Å²) in [5.74, 6) is -1.47. The molecule has 0 unspecified atom stereocenters. The predicted molar refractivity (Wildman–Crippen MR) is 105 cm³/mol. The summed E-state index contributed by atoms with van der Waals surface area (Å²) in [4.78, 5) is 50.8. The summed E-state index contributed by atoms with van der Waals surface area (Å²) in [7, 11) is 1.49. The van der Waals surface area contributed by atoms with Crippen LogP contribution in [0.25, 0.3) is 0 Å². The number of Topliss-reactive ketones (excluding diaryl/α,β-unsaturated/α-hetero) is 1. The Morgan fingerprint density at radius 3 is 2.31 bits per heavy atom. The van der Waals surface area contributed by atoms with Crippen molar-refractivity contribution in [3.63, 3.8) is 0 Å². The summed E-state index contributed by atoms with van der Waals surface area (Å²) in [6.07, 6.45) is 0. The van der Waals surface area contributed by atoms with E-state index in [1.165, 1.54) is 25.3 Å². The number of methoxy groups -OCH3 is 1. The molecule has 0 radical (unpaired) electrons. The topological polar surface area (TPSA) is 90.0 Å². The Morgan fingerprint density at radius 1 is 0.966 bits per heavy atom. The first-order chi connectivity index (χ1) is 13.6. The number of ketones is 1. The Balaban J connectivity index is 1.84. The number of hydrogen-bond acceptors (Lipinski definition) is 6. The summed E-state index contributed by atoms with van der Waals surface area (Å²) in [6, 6.07) is 10.7. The third-order valence-electron chi connectivity index (χ3n) is 4.60. The second kappa shape index (κ2) is 7.50. The van der Waals surface area contributed by atoms with E-state index < -0.39 is 23.2 Å². The van der Waals surface area contributed by atoms with Crippen molar-refractivity contribution >= 4 is 29.3 Å². The zero-order chi connectivity index (χ0) is 21.3. The average molecular weight is 395 g/mol. The number of carbonyl (C=O) groups excluding carboxylic acids is 4. The molecular weight excluding hydrogens is 374 g/mol. The Kier molecular flexibility index (Phi) is 5.24. The first-order valence-corrected chi connectivity index (χ1v) is 9.01. The van der Waals surface area contributed by atoms with Gasteiger partial charge in [0.1, 0.15) is 5.75 Å². The van der Waals surface area contributed by atoms with E-state index in [9.17, 15) is 19.2 Å². The second-order valence-corrected chi connectivity index (χ2v) is 7.66. The number of nitrogens with zero attached hydrogens (tertiary/aromatic N) is 1. The van der Waals surface area contributed by atoms with Crippen LogP contribution in [-0.4, -0.2) is 37.3 Å². The van der Waals surface area contributed by atoms with Crippen molar-refractivity contribution in [1.82, 2.24) is 0 Å². The molecule has 0 aliphatic carbocycles. The second-order valence-electron chi connectivity index (χ2n) is 7.66. The minimum absolute atomic E-state index is 0.0964. The summed E-state index contributed by atoms with van der Waals surface area (Å²) in [5, 5.41) is 0. The molecule has 1 aliphatic heterocycles. The van der Waals surface area contributed by atoms with E-state index in [0.717, 1.165) is 4.90 Å². The van der Waals surface area contributed by atoms with Crippen molar-refractivity contribution in [3.05, 3.63) is 59.2 Å². The fourth-order valence-electron chi connectivity index (χ4n) is 2.78. The van der Waals surface area contributed by atoms with Gasteiger partial charge in [0.2, 0.25) is 0 Å². The van der Waals surface area contributed by atoms with Gasteiger partial charge in [-0.15, -0.1) is 0 Å². The highest BCUT2D eigenvalue weighted by Gasteiger charge is 2.37. The van der Waals surface area contributed by atoms with Crippen molar-refractivity contribution in [2.75, 3.05) is 18.6 Å². The molecule has 0 saturated heterocycles.